The second kappa shape index (κ2) is 2.21. The van der Waals surface area contributed by atoms with Crippen LogP contribution in [-0.4, -0.2) is 17.7 Å². The van der Waals surface area contributed by atoms with Gasteiger partial charge in [-0.3, -0.25) is 10.6 Å². The van der Waals surface area contributed by atoms with Gasteiger partial charge in [0, 0.05) is 12.1 Å². The van der Waals surface area contributed by atoms with Gasteiger partial charge in [-0.2, -0.15) is 0 Å². The van der Waals surface area contributed by atoms with Gasteiger partial charge in [0.2, 0.25) is 0 Å². The first-order valence-corrected chi connectivity index (χ1v) is 3.30. The zero-order chi connectivity index (χ0) is 6.15. The lowest BCUT2D eigenvalue weighted by Crippen LogP contribution is -2.26. The van der Waals surface area contributed by atoms with E-state index in [-0.39, 0.29) is 5.62 Å². The maximum absolute atomic E-state index is 5.68. The van der Waals surface area contributed by atoms with E-state index in [2.05, 4.69) is 24.5 Å². The quantitative estimate of drug-likeness (QED) is 0.372. The lowest BCUT2D eigenvalue weighted by molar-refractivity contribution is 0.583. The van der Waals surface area contributed by atoms with Crippen molar-refractivity contribution in [1.29, 1.82) is 0 Å². The van der Waals surface area contributed by atoms with E-state index in [0.717, 1.165) is 0 Å². The van der Waals surface area contributed by atoms with Crippen LogP contribution in [0.5, 0.6) is 0 Å². The lowest BCUT2D eigenvalue weighted by Gasteiger charge is -2.05. The summed E-state index contributed by atoms with van der Waals surface area (Å²) in [6.07, 6.45) is 0. The van der Waals surface area contributed by atoms with Gasteiger partial charge in [0.1, 0.15) is 5.62 Å². The highest BCUT2D eigenvalue weighted by Gasteiger charge is 2.23. The highest BCUT2D eigenvalue weighted by atomic mass is 35.5. The molecular formula is C5H11ClN2. The molecule has 8 heavy (non-hydrogen) atoms. The fraction of sp³-hybridized carbons (Fsp3) is 1.00. The predicted octanol–water partition coefficient (Wildman–Crippen LogP) is 0.479. The van der Waals surface area contributed by atoms with Crippen LogP contribution < -0.4 is 10.6 Å². The average molecular weight is 135 g/mol. The molecule has 1 saturated heterocycles. The summed E-state index contributed by atoms with van der Waals surface area (Å²) in [7, 11) is 0. The molecule has 48 valence electrons. The van der Waals surface area contributed by atoms with E-state index in [4.69, 9.17) is 11.6 Å². The molecule has 1 rings (SSSR count). The lowest BCUT2D eigenvalue weighted by atomic mass is 10.2. The molecule has 0 bridgehead atoms. The second-order valence-electron chi connectivity index (χ2n) is 2.27. The molecule has 3 heteroatoms. The topological polar surface area (TPSA) is 24.1 Å². The summed E-state index contributed by atoms with van der Waals surface area (Å²) in [4.78, 5) is 0. The van der Waals surface area contributed by atoms with E-state index in [9.17, 15) is 0 Å². The van der Waals surface area contributed by atoms with Crippen LogP contribution in [-0.2, 0) is 0 Å². The van der Waals surface area contributed by atoms with E-state index in [1.807, 2.05) is 0 Å². The van der Waals surface area contributed by atoms with E-state index in [1.165, 1.54) is 0 Å². The summed E-state index contributed by atoms with van der Waals surface area (Å²) in [5, 5.41) is 6.24. The van der Waals surface area contributed by atoms with Crippen molar-refractivity contribution in [1.82, 2.24) is 10.6 Å². The van der Waals surface area contributed by atoms with E-state index >= 15 is 0 Å². The molecule has 0 aliphatic carbocycles. The normalized spacial score (nSPS) is 47.6. The molecule has 0 aromatic heterocycles. The average Bonchev–Trinajstić information content (AvgIpc) is 1.85. The molecule has 2 unspecified atom stereocenters. The van der Waals surface area contributed by atoms with Crippen molar-refractivity contribution in [2.45, 2.75) is 31.6 Å². The minimum atomic E-state index is -0.0278. The van der Waals surface area contributed by atoms with Gasteiger partial charge in [-0.15, -0.1) is 0 Å². The summed E-state index contributed by atoms with van der Waals surface area (Å²) < 4.78 is 0. The first kappa shape index (κ1) is 6.33. The van der Waals surface area contributed by atoms with Crippen molar-refractivity contribution in [3.63, 3.8) is 0 Å². The van der Waals surface area contributed by atoms with Crippen molar-refractivity contribution in [3.8, 4) is 0 Å². The van der Waals surface area contributed by atoms with Crippen LogP contribution in [0.3, 0.4) is 0 Å². The minimum Gasteiger partial charge on any atom is -0.285 e. The molecule has 2 N–H and O–H groups in total. The SMILES string of the molecule is CC1NC(Cl)NC1C. The number of rotatable bonds is 0. The maximum Gasteiger partial charge on any atom is 0.135 e. The summed E-state index contributed by atoms with van der Waals surface area (Å²) >= 11 is 5.68. The molecule has 1 aliphatic heterocycles. The molecule has 1 aliphatic rings. The zero-order valence-electron chi connectivity index (χ0n) is 5.11. The Morgan fingerprint density at radius 3 is 1.62 bits per heavy atom. The van der Waals surface area contributed by atoms with E-state index in [0.29, 0.717) is 12.1 Å². The van der Waals surface area contributed by atoms with Gasteiger partial charge in [0.05, 0.1) is 0 Å². The predicted molar refractivity (Wildman–Crippen MR) is 34.8 cm³/mol. The van der Waals surface area contributed by atoms with Gasteiger partial charge in [-0.05, 0) is 13.8 Å². The van der Waals surface area contributed by atoms with Crippen molar-refractivity contribution in [2.24, 2.45) is 0 Å². The monoisotopic (exact) mass is 134 g/mol. The maximum atomic E-state index is 5.68. The largest absolute Gasteiger partial charge is 0.285 e. The first-order valence-electron chi connectivity index (χ1n) is 2.86. The number of hydrogen-bond acceptors (Lipinski definition) is 2. The second-order valence-corrected chi connectivity index (χ2v) is 2.71. The van der Waals surface area contributed by atoms with Crippen molar-refractivity contribution in [3.05, 3.63) is 0 Å². The Hall–Kier alpha value is 0.210. The van der Waals surface area contributed by atoms with Crippen molar-refractivity contribution in [2.75, 3.05) is 0 Å². The molecular weight excluding hydrogens is 124 g/mol. The number of halogens is 1. The summed E-state index contributed by atoms with van der Waals surface area (Å²) in [6.45, 7) is 4.22. The third-order valence-corrected chi connectivity index (χ3v) is 1.82. The minimum absolute atomic E-state index is 0.0278. The standard InChI is InChI=1S/C5H11ClN2/c1-3-4(2)8-5(6)7-3/h3-5,7-8H,1-2H3. The fourth-order valence-corrected chi connectivity index (χ4v) is 1.20. The Labute approximate surface area is 54.6 Å². The van der Waals surface area contributed by atoms with Gasteiger partial charge in [-0.1, -0.05) is 11.6 Å². The summed E-state index contributed by atoms with van der Waals surface area (Å²) in [5.41, 5.74) is -0.0278. The van der Waals surface area contributed by atoms with Crippen LogP contribution in [0.1, 0.15) is 13.8 Å². The molecule has 2 nitrogen and oxygen atoms in total. The van der Waals surface area contributed by atoms with Gasteiger partial charge in [-0.25, -0.2) is 0 Å². The molecule has 0 aromatic rings. The highest BCUT2D eigenvalue weighted by Crippen LogP contribution is 2.04. The van der Waals surface area contributed by atoms with Crippen LogP contribution in [0.15, 0.2) is 0 Å². The Morgan fingerprint density at radius 1 is 1.12 bits per heavy atom. The Bertz CT molecular complexity index is 76.5. The van der Waals surface area contributed by atoms with Crippen LogP contribution in [0.2, 0.25) is 0 Å². The molecule has 0 spiro atoms. The van der Waals surface area contributed by atoms with Crippen LogP contribution >= 0.6 is 11.6 Å². The van der Waals surface area contributed by atoms with Gasteiger partial charge in [0.25, 0.3) is 0 Å². The fourth-order valence-electron chi connectivity index (χ4n) is 0.798. The van der Waals surface area contributed by atoms with Crippen molar-refractivity contribution < 1.29 is 0 Å². The van der Waals surface area contributed by atoms with Crippen LogP contribution in [0.4, 0.5) is 0 Å². The zero-order valence-corrected chi connectivity index (χ0v) is 5.87. The van der Waals surface area contributed by atoms with E-state index < -0.39 is 0 Å². The Kier molecular flexibility index (Phi) is 1.75. The number of alkyl halides is 1. The third kappa shape index (κ3) is 1.13. The Balaban J connectivity index is 2.39. The summed E-state index contributed by atoms with van der Waals surface area (Å²) in [6, 6.07) is 0.995. The smallest absolute Gasteiger partial charge is 0.135 e. The first-order chi connectivity index (χ1) is 3.70. The molecule has 0 radical (unpaired) electrons. The molecule has 0 aromatic carbocycles. The Morgan fingerprint density at radius 2 is 1.50 bits per heavy atom. The van der Waals surface area contributed by atoms with Crippen LogP contribution in [0, 0.1) is 0 Å². The van der Waals surface area contributed by atoms with Gasteiger partial charge >= 0.3 is 0 Å². The van der Waals surface area contributed by atoms with Gasteiger partial charge in [0.15, 0.2) is 0 Å². The molecule has 0 saturated carbocycles. The number of hydrogen-bond donors (Lipinski definition) is 2. The van der Waals surface area contributed by atoms with Crippen molar-refractivity contribution >= 4 is 11.6 Å². The van der Waals surface area contributed by atoms with Gasteiger partial charge < -0.3 is 0 Å². The molecule has 2 atom stereocenters. The third-order valence-electron chi connectivity index (χ3n) is 1.57. The molecule has 1 fully saturated rings. The number of nitrogens with one attached hydrogen (secondary N) is 2. The molecule has 0 amide bonds. The van der Waals surface area contributed by atoms with E-state index in [1.54, 1.807) is 0 Å². The summed E-state index contributed by atoms with van der Waals surface area (Å²) in [5.74, 6) is 0. The molecule has 1 heterocycles. The highest BCUT2D eigenvalue weighted by molar-refractivity contribution is 6.20. The van der Waals surface area contributed by atoms with Crippen LogP contribution in [0.25, 0.3) is 0 Å².